The summed E-state index contributed by atoms with van der Waals surface area (Å²) in [6, 6.07) is 0.191. The lowest BCUT2D eigenvalue weighted by Gasteiger charge is -2.39. The molecule has 1 heterocycles. The Bertz CT molecular complexity index is 319. The Morgan fingerprint density at radius 1 is 1.45 bits per heavy atom. The monoisotopic (exact) mass is 296 g/mol. The third-order valence-corrected chi connectivity index (χ3v) is 3.57. The molecule has 0 radical (unpaired) electrons. The molecular formula is C13H23F3N2O2. The van der Waals surface area contributed by atoms with Gasteiger partial charge in [0.15, 0.2) is 0 Å². The van der Waals surface area contributed by atoms with E-state index in [0.717, 1.165) is 19.4 Å². The van der Waals surface area contributed by atoms with Gasteiger partial charge in [0.05, 0.1) is 6.61 Å². The van der Waals surface area contributed by atoms with Gasteiger partial charge < -0.3 is 15.4 Å². The van der Waals surface area contributed by atoms with Crippen LogP contribution in [0.4, 0.5) is 13.2 Å². The summed E-state index contributed by atoms with van der Waals surface area (Å²) in [5, 5.41) is 6.10. The van der Waals surface area contributed by atoms with Crippen LogP contribution in [-0.2, 0) is 9.53 Å². The largest absolute Gasteiger partial charge is 0.411 e. The number of amides is 1. The average molecular weight is 296 g/mol. The zero-order chi connectivity index (χ0) is 15.2. The summed E-state index contributed by atoms with van der Waals surface area (Å²) in [5.74, 6) is -0.282. The second-order valence-electron chi connectivity index (χ2n) is 5.82. The Balaban J connectivity index is 2.16. The van der Waals surface area contributed by atoms with Crippen LogP contribution in [0, 0.1) is 5.41 Å². The highest BCUT2D eigenvalue weighted by Crippen LogP contribution is 2.29. The van der Waals surface area contributed by atoms with E-state index < -0.39 is 12.8 Å². The van der Waals surface area contributed by atoms with Crippen LogP contribution in [0.1, 0.15) is 33.1 Å². The fraction of sp³-hybridized carbons (Fsp3) is 0.923. The molecule has 118 valence electrons. The highest BCUT2D eigenvalue weighted by atomic mass is 19.4. The molecule has 0 aromatic heterocycles. The lowest BCUT2D eigenvalue weighted by Crippen LogP contribution is -2.52. The van der Waals surface area contributed by atoms with Gasteiger partial charge >= 0.3 is 6.18 Å². The predicted octanol–water partition coefficient (Wildman–Crippen LogP) is 1.85. The number of rotatable bonds is 6. The van der Waals surface area contributed by atoms with Crippen molar-refractivity contribution in [1.29, 1.82) is 0 Å². The molecule has 1 aliphatic heterocycles. The van der Waals surface area contributed by atoms with Crippen molar-refractivity contribution in [3.05, 3.63) is 0 Å². The van der Waals surface area contributed by atoms with Crippen LogP contribution >= 0.6 is 0 Å². The van der Waals surface area contributed by atoms with Gasteiger partial charge in [0, 0.05) is 19.0 Å². The normalized spacial score (nSPS) is 22.6. The number of hydrogen-bond acceptors (Lipinski definition) is 3. The molecule has 1 atom stereocenters. The van der Waals surface area contributed by atoms with E-state index in [2.05, 4.69) is 29.2 Å². The van der Waals surface area contributed by atoms with E-state index in [1.54, 1.807) is 0 Å². The van der Waals surface area contributed by atoms with E-state index >= 15 is 0 Å². The van der Waals surface area contributed by atoms with Crippen LogP contribution in [0.5, 0.6) is 0 Å². The molecule has 1 amide bonds. The lowest BCUT2D eigenvalue weighted by atomic mass is 9.77. The van der Waals surface area contributed by atoms with Gasteiger partial charge in [-0.05, 0) is 24.8 Å². The Morgan fingerprint density at radius 2 is 2.15 bits per heavy atom. The SMILES string of the molecule is CC1(C)CCCNC1CNC(=O)CCOCC(F)(F)F. The van der Waals surface area contributed by atoms with Crippen molar-refractivity contribution >= 4 is 5.91 Å². The highest BCUT2D eigenvalue weighted by Gasteiger charge is 2.32. The van der Waals surface area contributed by atoms with Gasteiger partial charge in [-0.25, -0.2) is 0 Å². The third-order valence-electron chi connectivity index (χ3n) is 3.57. The molecule has 20 heavy (non-hydrogen) atoms. The number of ether oxygens (including phenoxy) is 1. The molecule has 0 bridgehead atoms. The molecule has 2 N–H and O–H groups in total. The van der Waals surface area contributed by atoms with Crippen molar-refractivity contribution in [2.45, 2.75) is 45.3 Å². The average Bonchev–Trinajstić information content (AvgIpc) is 2.31. The van der Waals surface area contributed by atoms with Gasteiger partial charge in [0.2, 0.25) is 5.91 Å². The first-order valence-electron chi connectivity index (χ1n) is 6.85. The van der Waals surface area contributed by atoms with E-state index in [1.807, 2.05) is 0 Å². The molecule has 1 saturated heterocycles. The molecule has 4 nitrogen and oxygen atoms in total. The van der Waals surface area contributed by atoms with Gasteiger partial charge in [0.25, 0.3) is 0 Å². The van der Waals surface area contributed by atoms with E-state index in [-0.39, 0.29) is 30.4 Å². The van der Waals surface area contributed by atoms with Gasteiger partial charge in [-0.2, -0.15) is 13.2 Å². The van der Waals surface area contributed by atoms with Gasteiger partial charge in [-0.3, -0.25) is 4.79 Å². The molecule has 1 unspecified atom stereocenters. The smallest absolute Gasteiger partial charge is 0.372 e. The van der Waals surface area contributed by atoms with Crippen molar-refractivity contribution in [2.75, 3.05) is 26.3 Å². The summed E-state index contributed by atoms with van der Waals surface area (Å²) in [6.45, 7) is 4.18. The number of carbonyl (C=O) groups is 1. The molecule has 0 aliphatic carbocycles. The van der Waals surface area contributed by atoms with Crippen LogP contribution in [0.25, 0.3) is 0 Å². The summed E-state index contributed by atoms with van der Waals surface area (Å²) < 4.78 is 39.9. The first kappa shape index (κ1) is 17.2. The van der Waals surface area contributed by atoms with Crippen molar-refractivity contribution in [3.63, 3.8) is 0 Å². The molecule has 1 rings (SSSR count). The number of hydrogen-bond donors (Lipinski definition) is 2. The van der Waals surface area contributed by atoms with E-state index in [0.29, 0.717) is 6.54 Å². The maximum Gasteiger partial charge on any atom is 0.411 e. The van der Waals surface area contributed by atoms with Crippen molar-refractivity contribution in [3.8, 4) is 0 Å². The second-order valence-corrected chi connectivity index (χ2v) is 5.82. The minimum Gasteiger partial charge on any atom is -0.372 e. The Labute approximate surface area is 117 Å². The van der Waals surface area contributed by atoms with Crippen LogP contribution in [-0.4, -0.2) is 44.4 Å². The van der Waals surface area contributed by atoms with E-state index in [9.17, 15) is 18.0 Å². The minimum atomic E-state index is -4.34. The predicted molar refractivity (Wildman–Crippen MR) is 69.3 cm³/mol. The summed E-state index contributed by atoms with van der Waals surface area (Å²) in [5.41, 5.74) is 0.109. The van der Waals surface area contributed by atoms with Crippen LogP contribution in [0.3, 0.4) is 0 Å². The molecule has 0 spiro atoms. The Hall–Kier alpha value is -0.820. The van der Waals surface area contributed by atoms with Gasteiger partial charge in [-0.15, -0.1) is 0 Å². The van der Waals surface area contributed by atoms with Crippen molar-refractivity contribution < 1.29 is 22.7 Å². The molecule has 7 heteroatoms. The van der Waals surface area contributed by atoms with Crippen molar-refractivity contribution in [1.82, 2.24) is 10.6 Å². The second kappa shape index (κ2) is 7.26. The zero-order valence-electron chi connectivity index (χ0n) is 12.0. The first-order chi connectivity index (χ1) is 9.21. The summed E-state index contributed by atoms with van der Waals surface area (Å²) >= 11 is 0. The quantitative estimate of drug-likeness (QED) is 0.736. The first-order valence-corrected chi connectivity index (χ1v) is 6.85. The van der Waals surface area contributed by atoms with Gasteiger partial charge in [0.1, 0.15) is 6.61 Å². The number of halogens is 3. The molecular weight excluding hydrogens is 273 g/mol. The summed E-state index contributed by atoms with van der Waals surface area (Å²) in [7, 11) is 0. The standard InChI is InChI=1S/C13H23F3N2O2/c1-12(2)5-3-6-17-10(12)8-18-11(19)4-7-20-9-13(14,15)16/h10,17H,3-9H2,1-2H3,(H,18,19). The topological polar surface area (TPSA) is 50.4 Å². The maximum atomic E-state index is 11.8. The van der Waals surface area contributed by atoms with E-state index in [4.69, 9.17) is 0 Å². The number of nitrogens with one attached hydrogen (secondary N) is 2. The molecule has 1 aliphatic rings. The van der Waals surface area contributed by atoms with Crippen LogP contribution < -0.4 is 10.6 Å². The number of piperidine rings is 1. The number of alkyl halides is 3. The lowest BCUT2D eigenvalue weighted by molar-refractivity contribution is -0.174. The van der Waals surface area contributed by atoms with Crippen LogP contribution in [0.2, 0.25) is 0 Å². The minimum absolute atomic E-state index is 0.0524. The van der Waals surface area contributed by atoms with Crippen LogP contribution in [0.15, 0.2) is 0 Å². The fourth-order valence-electron chi connectivity index (χ4n) is 2.28. The van der Waals surface area contributed by atoms with Gasteiger partial charge in [-0.1, -0.05) is 13.8 Å². The van der Waals surface area contributed by atoms with Crippen molar-refractivity contribution in [2.24, 2.45) is 5.41 Å². The Morgan fingerprint density at radius 3 is 2.75 bits per heavy atom. The highest BCUT2D eigenvalue weighted by molar-refractivity contribution is 5.76. The summed E-state index contributed by atoms with van der Waals surface area (Å²) in [6.07, 6.45) is -2.19. The molecule has 0 saturated carbocycles. The molecule has 1 fully saturated rings. The Kier molecular flexibility index (Phi) is 6.26. The third kappa shape index (κ3) is 6.56. The van der Waals surface area contributed by atoms with E-state index in [1.165, 1.54) is 0 Å². The molecule has 0 aromatic carbocycles. The zero-order valence-corrected chi connectivity index (χ0v) is 12.0. The number of carbonyl (C=O) groups excluding carboxylic acids is 1. The molecule has 0 aromatic rings. The maximum absolute atomic E-state index is 11.8. The fourth-order valence-corrected chi connectivity index (χ4v) is 2.28. The summed E-state index contributed by atoms with van der Waals surface area (Å²) in [4.78, 5) is 11.5.